The number of anilines is 2. The largest absolute Gasteiger partial charge is 0.383 e. The van der Waals surface area contributed by atoms with Gasteiger partial charge in [0.25, 0.3) is 10.9 Å². The molecule has 0 saturated carbocycles. The molecule has 14 heavy (non-hydrogen) atoms. The molecule has 0 spiro atoms. The molecule has 1 aromatic carbocycles. The summed E-state index contributed by atoms with van der Waals surface area (Å²) in [7, 11) is 1.64. The summed E-state index contributed by atoms with van der Waals surface area (Å²) in [5, 5.41) is 5.80. The summed E-state index contributed by atoms with van der Waals surface area (Å²) < 4.78 is 0. The second kappa shape index (κ2) is 3.44. The van der Waals surface area contributed by atoms with Crippen molar-refractivity contribution in [2.45, 2.75) is 32.7 Å². The van der Waals surface area contributed by atoms with Crippen LogP contribution in [0.15, 0.2) is 9.59 Å². The van der Waals surface area contributed by atoms with Crippen LogP contribution < -0.4 is 21.5 Å². The smallest absolute Gasteiger partial charge is 0.253 e. The Morgan fingerprint density at radius 3 is 2.07 bits per heavy atom. The van der Waals surface area contributed by atoms with E-state index < -0.39 is 10.9 Å². The zero-order valence-electron chi connectivity index (χ0n) is 9.02. The lowest BCUT2D eigenvalue weighted by atomic mass is 10.0. The highest BCUT2D eigenvalue weighted by Crippen LogP contribution is 2.20. The lowest BCUT2D eigenvalue weighted by molar-refractivity contribution is 0.546. The fraction of sp³-hybridized carbons (Fsp3) is 0.600. The van der Waals surface area contributed by atoms with Gasteiger partial charge in [0, 0.05) is 12.6 Å². The molecule has 0 atom stereocenters. The first kappa shape index (κ1) is 10.8. The highest BCUT2D eigenvalue weighted by atomic mass is 16.2. The highest BCUT2D eigenvalue weighted by molar-refractivity contribution is 5.74. The maximum absolute atomic E-state index is 11.2. The molecule has 1 aromatic rings. The zero-order chi connectivity index (χ0) is 10.9. The first-order chi connectivity index (χ1) is 6.43. The standard InChI is InChI=1S/C10H16N2O2/c1-5-10(2,3)12-7-6(11-4)8(13)9(7)14/h11-12H,5H2,1-4H3. The average Bonchev–Trinajstić information content (AvgIpc) is 2.17. The minimum atomic E-state index is -0.429. The van der Waals surface area contributed by atoms with Crippen LogP contribution in [0.25, 0.3) is 0 Å². The summed E-state index contributed by atoms with van der Waals surface area (Å²) >= 11 is 0. The van der Waals surface area contributed by atoms with E-state index in [9.17, 15) is 9.59 Å². The molecule has 2 N–H and O–H groups in total. The zero-order valence-corrected chi connectivity index (χ0v) is 9.02. The Morgan fingerprint density at radius 1 is 1.14 bits per heavy atom. The van der Waals surface area contributed by atoms with E-state index in [-0.39, 0.29) is 5.54 Å². The van der Waals surface area contributed by atoms with Crippen molar-refractivity contribution in [2.24, 2.45) is 0 Å². The van der Waals surface area contributed by atoms with E-state index in [1.165, 1.54) is 0 Å². The number of nitrogens with one attached hydrogen (secondary N) is 2. The summed E-state index contributed by atoms with van der Waals surface area (Å²) in [6.45, 7) is 6.00. The van der Waals surface area contributed by atoms with E-state index in [4.69, 9.17) is 0 Å². The minimum absolute atomic E-state index is 0.159. The molecule has 0 aliphatic carbocycles. The third-order valence-corrected chi connectivity index (χ3v) is 2.51. The van der Waals surface area contributed by atoms with Gasteiger partial charge in [0.05, 0.1) is 0 Å². The second-order valence-corrected chi connectivity index (χ2v) is 4.02. The fourth-order valence-corrected chi connectivity index (χ4v) is 1.18. The Morgan fingerprint density at radius 2 is 1.64 bits per heavy atom. The van der Waals surface area contributed by atoms with Gasteiger partial charge >= 0.3 is 0 Å². The first-order valence-corrected chi connectivity index (χ1v) is 4.72. The predicted molar refractivity (Wildman–Crippen MR) is 58.9 cm³/mol. The first-order valence-electron chi connectivity index (χ1n) is 4.72. The van der Waals surface area contributed by atoms with Crippen LogP contribution in [-0.4, -0.2) is 12.6 Å². The van der Waals surface area contributed by atoms with Crippen LogP contribution in [0.1, 0.15) is 27.2 Å². The van der Waals surface area contributed by atoms with Crippen LogP contribution in [0.3, 0.4) is 0 Å². The predicted octanol–water partition coefficient (Wildman–Crippen LogP) is 0.925. The van der Waals surface area contributed by atoms with E-state index in [1.54, 1.807) is 7.05 Å². The van der Waals surface area contributed by atoms with Crippen molar-refractivity contribution in [2.75, 3.05) is 17.7 Å². The van der Waals surface area contributed by atoms with Crippen LogP contribution in [0.5, 0.6) is 0 Å². The van der Waals surface area contributed by atoms with E-state index >= 15 is 0 Å². The van der Waals surface area contributed by atoms with Gasteiger partial charge < -0.3 is 10.6 Å². The van der Waals surface area contributed by atoms with Gasteiger partial charge in [-0.25, -0.2) is 0 Å². The maximum atomic E-state index is 11.2. The Kier molecular flexibility index (Phi) is 2.64. The molecule has 4 heteroatoms. The van der Waals surface area contributed by atoms with Crippen LogP contribution in [0.4, 0.5) is 11.4 Å². The molecule has 0 unspecified atom stereocenters. The SMILES string of the molecule is CCC(C)(C)Nc1c(NC)c(=O)c1=O. The molecular weight excluding hydrogens is 180 g/mol. The van der Waals surface area contributed by atoms with Gasteiger partial charge in [-0.05, 0) is 20.3 Å². The molecule has 0 amide bonds. The van der Waals surface area contributed by atoms with Gasteiger partial charge in [-0.15, -0.1) is 0 Å². The molecule has 0 bridgehead atoms. The molecule has 0 aliphatic heterocycles. The van der Waals surface area contributed by atoms with Crippen molar-refractivity contribution in [3.05, 3.63) is 20.4 Å². The van der Waals surface area contributed by atoms with Crippen LogP contribution >= 0.6 is 0 Å². The van der Waals surface area contributed by atoms with Crippen molar-refractivity contribution in [1.29, 1.82) is 0 Å². The Labute approximate surface area is 83.0 Å². The average molecular weight is 196 g/mol. The molecule has 0 aromatic heterocycles. The van der Waals surface area contributed by atoms with Crippen LogP contribution in [-0.2, 0) is 0 Å². The van der Waals surface area contributed by atoms with Crippen LogP contribution in [0.2, 0.25) is 0 Å². The summed E-state index contributed by atoms with van der Waals surface area (Å²) in [4.78, 5) is 22.3. The third-order valence-electron chi connectivity index (χ3n) is 2.51. The molecule has 0 saturated heterocycles. The maximum Gasteiger partial charge on any atom is 0.253 e. The molecule has 78 valence electrons. The molecule has 0 fully saturated rings. The van der Waals surface area contributed by atoms with Gasteiger partial charge in [0.1, 0.15) is 11.4 Å². The van der Waals surface area contributed by atoms with Gasteiger partial charge in [-0.2, -0.15) is 0 Å². The normalized spacial score (nSPS) is 11.7. The number of hydrogen-bond acceptors (Lipinski definition) is 4. The monoisotopic (exact) mass is 196 g/mol. The van der Waals surface area contributed by atoms with Gasteiger partial charge in [0.15, 0.2) is 0 Å². The quantitative estimate of drug-likeness (QED) is 0.703. The fourth-order valence-electron chi connectivity index (χ4n) is 1.18. The van der Waals surface area contributed by atoms with E-state index in [1.807, 2.05) is 20.8 Å². The van der Waals surface area contributed by atoms with Crippen LogP contribution in [0, 0.1) is 0 Å². The molecule has 0 radical (unpaired) electrons. The Bertz CT molecular complexity index is 400. The van der Waals surface area contributed by atoms with Gasteiger partial charge in [0.2, 0.25) is 0 Å². The Hall–Kier alpha value is -1.32. The summed E-state index contributed by atoms with van der Waals surface area (Å²) in [5.41, 5.74) is -0.188. The number of hydrogen-bond donors (Lipinski definition) is 2. The summed E-state index contributed by atoms with van der Waals surface area (Å²) in [6, 6.07) is 0. The van der Waals surface area contributed by atoms with Gasteiger partial charge in [-0.1, -0.05) is 6.92 Å². The van der Waals surface area contributed by atoms with E-state index in [2.05, 4.69) is 10.6 Å². The van der Waals surface area contributed by atoms with Crippen molar-refractivity contribution in [3.63, 3.8) is 0 Å². The van der Waals surface area contributed by atoms with Crippen molar-refractivity contribution in [1.82, 2.24) is 0 Å². The molecule has 0 heterocycles. The van der Waals surface area contributed by atoms with Gasteiger partial charge in [-0.3, -0.25) is 9.59 Å². The Balaban J connectivity index is 2.94. The van der Waals surface area contributed by atoms with Crippen molar-refractivity contribution >= 4 is 11.4 Å². The lowest BCUT2D eigenvalue weighted by Gasteiger charge is -2.27. The van der Waals surface area contributed by atoms with Crippen molar-refractivity contribution < 1.29 is 0 Å². The minimum Gasteiger partial charge on any atom is -0.383 e. The van der Waals surface area contributed by atoms with E-state index in [0.717, 1.165) is 6.42 Å². The number of rotatable bonds is 4. The summed E-state index contributed by atoms with van der Waals surface area (Å²) in [5.74, 6) is 0. The van der Waals surface area contributed by atoms with E-state index in [0.29, 0.717) is 11.4 Å². The lowest BCUT2D eigenvalue weighted by Crippen LogP contribution is -2.42. The topological polar surface area (TPSA) is 58.2 Å². The van der Waals surface area contributed by atoms with Crippen molar-refractivity contribution in [3.8, 4) is 0 Å². The molecule has 1 rings (SSSR count). The molecular formula is C10H16N2O2. The highest BCUT2D eigenvalue weighted by Gasteiger charge is 2.24. The molecule has 4 nitrogen and oxygen atoms in total. The summed E-state index contributed by atoms with van der Waals surface area (Å²) in [6.07, 6.45) is 0.884. The second-order valence-electron chi connectivity index (χ2n) is 4.02. The molecule has 0 aliphatic rings. The third kappa shape index (κ3) is 1.64.